The molecule has 1 aromatic rings. The lowest BCUT2D eigenvalue weighted by Crippen LogP contribution is -2.57. The van der Waals surface area contributed by atoms with Crippen LogP contribution in [0.15, 0.2) is 12.1 Å². The summed E-state index contributed by atoms with van der Waals surface area (Å²) in [4.78, 5) is 4.93. The lowest BCUT2D eigenvalue weighted by molar-refractivity contribution is 0.0151. The average Bonchev–Trinajstić information content (AvgIpc) is 2.33. The Balaban J connectivity index is 2.07. The zero-order valence-corrected chi connectivity index (χ0v) is 13.9. The van der Waals surface area contributed by atoms with Gasteiger partial charge in [-0.05, 0) is 57.9 Å². The van der Waals surface area contributed by atoms with Crippen molar-refractivity contribution in [1.82, 2.24) is 9.80 Å². The largest absolute Gasteiger partial charge is 0.398 e. The first-order chi connectivity index (χ1) is 9.68. The molecule has 2 N–H and O–H groups in total. The van der Waals surface area contributed by atoms with Crippen molar-refractivity contribution in [2.24, 2.45) is 0 Å². The van der Waals surface area contributed by atoms with Gasteiger partial charge in [0.1, 0.15) is 5.82 Å². The number of nitrogens with zero attached hydrogens (tertiary/aromatic N) is 2. The molecule has 0 radical (unpaired) electrons. The fourth-order valence-corrected chi connectivity index (χ4v) is 3.34. The van der Waals surface area contributed by atoms with Crippen LogP contribution in [0.2, 0.25) is 0 Å². The Morgan fingerprint density at radius 1 is 1.29 bits per heavy atom. The van der Waals surface area contributed by atoms with Gasteiger partial charge in [0.2, 0.25) is 0 Å². The maximum atomic E-state index is 13.6. The van der Waals surface area contributed by atoms with Gasteiger partial charge in [-0.15, -0.1) is 0 Å². The van der Waals surface area contributed by atoms with Gasteiger partial charge in [-0.2, -0.15) is 0 Å². The van der Waals surface area contributed by atoms with Crippen LogP contribution in [0.3, 0.4) is 0 Å². The first-order valence-electron chi connectivity index (χ1n) is 7.72. The van der Waals surface area contributed by atoms with Crippen molar-refractivity contribution in [2.75, 3.05) is 25.4 Å². The second kappa shape index (κ2) is 5.93. The van der Waals surface area contributed by atoms with E-state index in [1.54, 1.807) is 6.07 Å². The lowest BCUT2D eigenvalue weighted by atomic mass is 10.00. The highest BCUT2D eigenvalue weighted by Crippen LogP contribution is 2.24. The molecule has 1 fully saturated rings. The third-order valence-electron chi connectivity index (χ3n) is 4.49. The monoisotopic (exact) mass is 293 g/mol. The molecule has 1 heterocycles. The van der Waals surface area contributed by atoms with Crippen molar-refractivity contribution in [3.63, 3.8) is 0 Å². The van der Waals surface area contributed by atoms with Gasteiger partial charge in [0, 0.05) is 43.4 Å². The lowest BCUT2D eigenvalue weighted by Gasteiger charge is -2.47. The van der Waals surface area contributed by atoms with Gasteiger partial charge in [0.15, 0.2) is 0 Å². The molecule has 0 aliphatic carbocycles. The average molecular weight is 293 g/mol. The molecule has 1 aliphatic rings. The quantitative estimate of drug-likeness (QED) is 0.851. The van der Waals surface area contributed by atoms with E-state index in [9.17, 15) is 4.39 Å². The Morgan fingerprint density at radius 2 is 1.95 bits per heavy atom. The van der Waals surface area contributed by atoms with Gasteiger partial charge >= 0.3 is 0 Å². The van der Waals surface area contributed by atoms with Crippen LogP contribution in [0.1, 0.15) is 38.8 Å². The maximum absolute atomic E-state index is 13.6. The molecule has 1 aromatic carbocycles. The fourth-order valence-electron chi connectivity index (χ4n) is 3.34. The van der Waals surface area contributed by atoms with Crippen LogP contribution in [-0.2, 0) is 6.54 Å². The molecule has 0 saturated carbocycles. The molecule has 1 saturated heterocycles. The topological polar surface area (TPSA) is 32.5 Å². The molecule has 0 bridgehead atoms. The molecule has 1 aliphatic heterocycles. The van der Waals surface area contributed by atoms with E-state index < -0.39 is 0 Å². The normalized spacial score (nSPS) is 21.7. The minimum absolute atomic E-state index is 0.199. The smallest absolute Gasteiger partial charge is 0.125 e. The first kappa shape index (κ1) is 16.2. The van der Waals surface area contributed by atoms with Gasteiger partial charge in [-0.25, -0.2) is 4.39 Å². The summed E-state index contributed by atoms with van der Waals surface area (Å²) in [7, 11) is 0. The minimum Gasteiger partial charge on any atom is -0.398 e. The van der Waals surface area contributed by atoms with Crippen molar-refractivity contribution in [3.05, 3.63) is 29.1 Å². The third kappa shape index (κ3) is 3.74. The molecule has 4 heteroatoms. The zero-order chi connectivity index (χ0) is 15.8. The van der Waals surface area contributed by atoms with E-state index in [1.165, 1.54) is 6.07 Å². The number of hydrogen-bond acceptors (Lipinski definition) is 3. The summed E-state index contributed by atoms with van der Waals surface area (Å²) in [5.74, 6) is -0.241. The predicted octanol–water partition coefficient (Wildman–Crippen LogP) is 3.02. The number of halogens is 1. The second-order valence-electron chi connectivity index (χ2n) is 7.23. The van der Waals surface area contributed by atoms with Crippen LogP contribution < -0.4 is 5.73 Å². The van der Waals surface area contributed by atoms with Gasteiger partial charge in [0.05, 0.1) is 0 Å². The molecule has 3 nitrogen and oxygen atoms in total. The van der Waals surface area contributed by atoms with Gasteiger partial charge < -0.3 is 5.73 Å². The summed E-state index contributed by atoms with van der Waals surface area (Å²) >= 11 is 0. The van der Waals surface area contributed by atoms with E-state index in [2.05, 4.69) is 37.5 Å². The predicted molar refractivity (Wildman–Crippen MR) is 86.7 cm³/mol. The first-order valence-corrected chi connectivity index (χ1v) is 7.72. The number of benzene rings is 1. The van der Waals surface area contributed by atoms with Crippen molar-refractivity contribution in [3.8, 4) is 0 Å². The molecule has 0 aromatic heterocycles. The Kier molecular flexibility index (Phi) is 4.59. The van der Waals surface area contributed by atoms with Crippen LogP contribution in [0.4, 0.5) is 10.1 Å². The summed E-state index contributed by atoms with van der Waals surface area (Å²) in [5, 5.41) is 0. The standard InChI is InChI=1S/C17H28FN3/c1-12-10-20(6-7-21(12)17(3,4)5)11-14-8-15(18)9-16(19)13(14)2/h8-9,12H,6-7,10-11,19H2,1-5H3/t12-/m0/s1. The van der Waals surface area contributed by atoms with Crippen molar-refractivity contribution < 1.29 is 4.39 Å². The summed E-state index contributed by atoms with van der Waals surface area (Å²) < 4.78 is 13.6. The number of anilines is 1. The molecule has 0 amide bonds. The molecular weight excluding hydrogens is 265 g/mol. The summed E-state index contributed by atoms with van der Waals surface area (Å²) in [6.07, 6.45) is 0. The Labute approximate surface area is 127 Å². The number of rotatable bonds is 2. The van der Waals surface area contributed by atoms with Crippen molar-refractivity contribution in [2.45, 2.75) is 52.7 Å². The van der Waals surface area contributed by atoms with Crippen LogP contribution in [0.25, 0.3) is 0 Å². The zero-order valence-electron chi connectivity index (χ0n) is 13.9. The molecule has 2 rings (SSSR count). The molecule has 118 valence electrons. The van der Waals surface area contributed by atoms with Crippen LogP contribution in [0, 0.1) is 12.7 Å². The second-order valence-corrected chi connectivity index (χ2v) is 7.23. The van der Waals surface area contributed by atoms with E-state index in [0.29, 0.717) is 11.7 Å². The maximum Gasteiger partial charge on any atom is 0.125 e. The SMILES string of the molecule is Cc1c(N)cc(F)cc1CN1CCN(C(C)(C)C)[C@@H](C)C1. The number of nitrogens with two attached hydrogens (primary N) is 1. The van der Waals surface area contributed by atoms with Crippen molar-refractivity contribution in [1.29, 1.82) is 0 Å². The molecule has 21 heavy (non-hydrogen) atoms. The van der Waals surface area contributed by atoms with E-state index in [1.807, 2.05) is 6.92 Å². The Morgan fingerprint density at radius 3 is 2.52 bits per heavy atom. The van der Waals surface area contributed by atoms with Gasteiger partial charge in [0.25, 0.3) is 0 Å². The fraction of sp³-hybridized carbons (Fsp3) is 0.647. The van der Waals surface area contributed by atoms with E-state index in [0.717, 1.165) is 37.3 Å². The number of hydrogen-bond donors (Lipinski definition) is 1. The highest BCUT2D eigenvalue weighted by Gasteiger charge is 2.31. The van der Waals surface area contributed by atoms with Crippen molar-refractivity contribution >= 4 is 5.69 Å². The summed E-state index contributed by atoms with van der Waals surface area (Å²) in [6, 6.07) is 3.52. The van der Waals surface area contributed by atoms with E-state index in [-0.39, 0.29) is 11.4 Å². The summed E-state index contributed by atoms with van der Waals surface area (Å²) in [6.45, 7) is 14.9. The highest BCUT2D eigenvalue weighted by molar-refractivity contribution is 5.50. The van der Waals surface area contributed by atoms with Crippen LogP contribution in [-0.4, -0.2) is 41.0 Å². The van der Waals surface area contributed by atoms with Crippen LogP contribution in [0.5, 0.6) is 0 Å². The van der Waals surface area contributed by atoms with Gasteiger partial charge in [-0.1, -0.05) is 0 Å². The molecular formula is C17H28FN3. The Bertz CT molecular complexity index is 507. The summed E-state index contributed by atoms with van der Waals surface area (Å²) in [5.41, 5.74) is 8.62. The molecule has 0 unspecified atom stereocenters. The van der Waals surface area contributed by atoms with E-state index in [4.69, 9.17) is 5.73 Å². The van der Waals surface area contributed by atoms with Crippen LogP contribution >= 0.6 is 0 Å². The van der Waals surface area contributed by atoms with E-state index >= 15 is 0 Å². The number of piperazine rings is 1. The number of nitrogen functional groups attached to an aromatic ring is 1. The third-order valence-corrected chi connectivity index (χ3v) is 4.49. The molecule has 1 atom stereocenters. The highest BCUT2D eigenvalue weighted by atomic mass is 19.1. The van der Waals surface area contributed by atoms with Gasteiger partial charge in [-0.3, -0.25) is 9.80 Å². The Hall–Kier alpha value is -1.13. The minimum atomic E-state index is -0.241. The molecule has 0 spiro atoms.